The van der Waals surface area contributed by atoms with E-state index in [1.807, 2.05) is 0 Å². The van der Waals surface area contributed by atoms with E-state index in [1.54, 1.807) is 24.3 Å². The number of nitrogens with one attached hydrogen (secondary N) is 2. The van der Waals surface area contributed by atoms with Crippen molar-refractivity contribution in [2.75, 3.05) is 13.2 Å². The Labute approximate surface area is 137 Å². The van der Waals surface area contributed by atoms with Crippen LogP contribution in [0.5, 0.6) is 11.5 Å². The summed E-state index contributed by atoms with van der Waals surface area (Å²) >= 11 is 0. The number of ether oxygens (including phenoxy) is 2. The lowest BCUT2D eigenvalue weighted by Crippen LogP contribution is -2.42. The number of halogens is 1. The van der Waals surface area contributed by atoms with Crippen molar-refractivity contribution in [3.63, 3.8) is 0 Å². The molecule has 2 N–H and O–H groups in total. The van der Waals surface area contributed by atoms with Gasteiger partial charge in [-0.15, -0.1) is 0 Å². The molecule has 124 valence electrons. The number of carbonyl (C=O) groups is 2. The van der Waals surface area contributed by atoms with Crippen LogP contribution < -0.4 is 20.3 Å². The van der Waals surface area contributed by atoms with Crippen LogP contribution in [0.1, 0.15) is 15.9 Å². The van der Waals surface area contributed by atoms with Gasteiger partial charge in [0.25, 0.3) is 5.91 Å². The molecule has 24 heavy (non-hydrogen) atoms. The van der Waals surface area contributed by atoms with Crippen molar-refractivity contribution < 1.29 is 23.5 Å². The van der Waals surface area contributed by atoms with Crippen molar-refractivity contribution in [3.05, 3.63) is 59.4 Å². The number of fused-ring (bicyclic) bond motifs is 1. The third-order valence-electron chi connectivity index (χ3n) is 3.43. The van der Waals surface area contributed by atoms with E-state index in [9.17, 15) is 14.0 Å². The molecule has 2 amide bonds. The summed E-state index contributed by atoms with van der Waals surface area (Å²) in [7, 11) is 0. The van der Waals surface area contributed by atoms with Gasteiger partial charge in [-0.2, -0.15) is 0 Å². The molecule has 0 saturated carbocycles. The van der Waals surface area contributed by atoms with Crippen LogP contribution in [0.3, 0.4) is 0 Å². The monoisotopic (exact) mass is 330 g/mol. The fourth-order valence-corrected chi connectivity index (χ4v) is 2.24. The zero-order chi connectivity index (χ0) is 16.9. The zero-order valence-electron chi connectivity index (χ0n) is 12.7. The molecule has 0 atom stereocenters. The highest BCUT2D eigenvalue weighted by Crippen LogP contribution is 2.30. The van der Waals surface area contributed by atoms with E-state index < -0.39 is 17.6 Å². The summed E-state index contributed by atoms with van der Waals surface area (Å²) in [5, 5.41) is 0. The molecule has 1 aliphatic rings. The molecule has 2 aromatic rings. The first-order valence-electron chi connectivity index (χ1n) is 7.36. The molecule has 0 fully saturated rings. The van der Waals surface area contributed by atoms with E-state index in [0.29, 0.717) is 30.3 Å². The first-order valence-corrected chi connectivity index (χ1v) is 7.36. The van der Waals surface area contributed by atoms with E-state index in [2.05, 4.69) is 10.9 Å². The fourth-order valence-electron chi connectivity index (χ4n) is 2.24. The van der Waals surface area contributed by atoms with Gasteiger partial charge in [0.2, 0.25) is 5.91 Å². The maximum absolute atomic E-state index is 13.5. The van der Waals surface area contributed by atoms with E-state index in [1.165, 1.54) is 18.2 Å². The molecule has 0 aliphatic carbocycles. The van der Waals surface area contributed by atoms with Gasteiger partial charge in [0, 0.05) is 5.56 Å². The number of benzene rings is 2. The van der Waals surface area contributed by atoms with Crippen LogP contribution in [0.4, 0.5) is 4.39 Å². The fraction of sp³-hybridized carbons (Fsp3) is 0.176. The van der Waals surface area contributed by atoms with Gasteiger partial charge in [0.05, 0.1) is 6.42 Å². The first kappa shape index (κ1) is 15.8. The summed E-state index contributed by atoms with van der Waals surface area (Å²) in [6, 6.07) is 10.7. The second-order valence-corrected chi connectivity index (χ2v) is 5.13. The minimum absolute atomic E-state index is 0.173. The van der Waals surface area contributed by atoms with Gasteiger partial charge in [0.1, 0.15) is 19.0 Å². The van der Waals surface area contributed by atoms with Crippen LogP contribution >= 0.6 is 0 Å². The molecule has 0 unspecified atom stereocenters. The number of rotatable bonds is 3. The lowest BCUT2D eigenvalue weighted by molar-refractivity contribution is -0.121. The predicted molar refractivity (Wildman–Crippen MR) is 83.1 cm³/mol. The lowest BCUT2D eigenvalue weighted by atomic mass is 10.1. The van der Waals surface area contributed by atoms with E-state index >= 15 is 0 Å². The Morgan fingerprint density at radius 2 is 1.75 bits per heavy atom. The molecule has 2 aromatic carbocycles. The molecule has 6 nitrogen and oxygen atoms in total. The Morgan fingerprint density at radius 3 is 2.54 bits per heavy atom. The molecule has 1 heterocycles. The number of carbonyl (C=O) groups excluding carboxylic acids is 2. The molecule has 3 rings (SSSR count). The predicted octanol–water partition coefficient (Wildman–Crippen LogP) is 1.60. The maximum atomic E-state index is 13.5. The second kappa shape index (κ2) is 6.99. The summed E-state index contributed by atoms with van der Waals surface area (Å²) in [6.45, 7) is 0.877. The summed E-state index contributed by atoms with van der Waals surface area (Å²) in [4.78, 5) is 23.9. The van der Waals surface area contributed by atoms with Gasteiger partial charge in [-0.1, -0.05) is 18.2 Å². The van der Waals surface area contributed by atoms with Gasteiger partial charge in [-0.3, -0.25) is 20.4 Å². The SMILES string of the molecule is O=C(Cc1ccccc1F)NNC(=O)c1ccc2c(c1)OCCO2. The van der Waals surface area contributed by atoms with Crippen molar-refractivity contribution in [2.24, 2.45) is 0 Å². The molecule has 7 heteroatoms. The summed E-state index contributed by atoms with van der Waals surface area (Å²) < 4.78 is 24.3. The van der Waals surface area contributed by atoms with Gasteiger partial charge < -0.3 is 9.47 Å². The van der Waals surface area contributed by atoms with Gasteiger partial charge in [0.15, 0.2) is 11.5 Å². The number of hydrogen-bond acceptors (Lipinski definition) is 4. The smallest absolute Gasteiger partial charge is 0.269 e. The van der Waals surface area contributed by atoms with Crippen LogP contribution in [0.15, 0.2) is 42.5 Å². The van der Waals surface area contributed by atoms with Crippen LogP contribution in [-0.4, -0.2) is 25.0 Å². The van der Waals surface area contributed by atoms with Gasteiger partial charge >= 0.3 is 0 Å². The topological polar surface area (TPSA) is 76.7 Å². The molecule has 0 bridgehead atoms. The molecular formula is C17H15FN2O4. The van der Waals surface area contributed by atoms with Gasteiger partial charge in [-0.25, -0.2) is 4.39 Å². The van der Waals surface area contributed by atoms with Crippen molar-refractivity contribution in [1.29, 1.82) is 0 Å². The average molecular weight is 330 g/mol. The minimum atomic E-state index is -0.522. The summed E-state index contributed by atoms with van der Waals surface area (Å²) in [6.07, 6.45) is -0.173. The Morgan fingerprint density at radius 1 is 1.00 bits per heavy atom. The molecule has 1 aliphatic heterocycles. The first-order chi connectivity index (χ1) is 11.6. The highest BCUT2D eigenvalue weighted by Gasteiger charge is 2.15. The Bertz CT molecular complexity index is 779. The minimum Gasteiger partial charge on any atom is -0.486 e. The van der Waals surface area contributed by atoms with E-state index in [-0.39, 0.29) is 12.0 Å². The Hall–Kier alpha value is -3.09. The summed E-state index contributed by atoms with van der Waals surface area (Å²) in [5.41, 5.74) is 5.11. The molecule has 0 spiro atoms. The third kappa shape index (κ3) is 3.62. The Balaban J connectivity index is 1.57. The average Bonchev–Trinajstić information content (AvgIpc) is 2.61. The van der Waals surface area contributed by atoms with Crippen LogP contribution in [0, 0.1) is 5.82 Å². The van der Waals surface area contributed by atoms with Crippen molar-refractivity contribution >= 4 is 11.8 Å². The van der Waals surface area contributed by atoms with Crippen LogP contribution in [0.2, 0.25) is 0 Å². The normalized spacial score (nSPS) is 12.4. The van der Waals surface area contributed by atoms with Crippen molar-refractivity contribution in [3.8, 4) is 11.5 Å². The summed E-state index contributed by atoms with van der Waals surface area (Å²) in [5.74, 6) is -0.446. The largest absolute Gasteiger partial charge is 0.486 e. The van der Waals surface area contributed by atoms with Gasteiger partial charge in [-0.05, 0) is 29.8 Å². The zero-order valence-corrected chi connectivity index (χ0v) is 12.7. The third-order valence-corrected chi connectivity index (χ3v) is 3.43. The highest BCUT2D eigenvalue weighted by atomic mass is 19.1. The van der Waals surface area contributed by atoms with Crippen LogP contribution in [0.25, 0.3) is 0 Å². The number of hydrazine groups is 1. The van der Waals surface area contributed by atoms with Crippen LogP contribution in [-0.2, 0) is 11.2 Å². The van der Waals surface area contributed by atoms with Crippen molar-refractivity contribution in [2.45, 2.75) is 6.42 Å². The standard InChI is InChI=1S/C17H15FN2O4/c18-13-4-2-1-3-11(13)10-16(21)19-20-17(22)12-5-6-14-15(9-12)24-8-7-23-14/h1-6,9H,7-8,10H2,(H,19,21)(H,20,22). The number of amides is 2. The highest BCUT2D eigenvalue weighted by molar-refractivity contribution is 5.96. The molecule has 0 radical (unpaired) electrons. The molecule has 0 aromatic heterocycles. The lowest BCUT2D eigenvalue weighted by Gasteiger charge is -2.18. The Kier molecular flexibility index (Phi) is 4.60. The second-order valence-electron chi connectivity index (χ2n) is 5.13. The van der Waals surface area contributed by atoms with E-state index in [0.717, 1.165) is 0 Å². The molecule has 0 saturated heterocycles. The quantitative estimate of drug-likeness (QED) is 0.838. The number of hydrogen-bond donors (Lipinski definition) is 2. The molecular weight excluding hydrogens is 315 g/mol. The maximum Gasteiger partial charge on any atom is 0.269 e. The van der Waals surface area contributed by atoms with E-state index in [4.69, 9.17) is 9.47 Å². The van der Waals surface area contributed by atoms with Crippen molar-refractivity contribution in [1.82, 2.24) is 10.9 Å².